The van der Waals surface area contributed by atoms with Crippen LogP contribution in [0.5, 0.6) is 11.5 Å². The topological polar surface area (TPSA) is 58.9 Å². The summed E-state index contributed by atoms with van der Waals surface area (Å²) >= 11 is 0. The predicted octanol–water partition coefficient (Wildman–Crippen LogP) is 1.43. The van der Waals surface area contributed by atoms with Gasteiger partial charge in [0.05, 0.1) is 7.11 Å². The van der Waals surface area contributed by atoms with E-state index in [4.69, 9.17) is 9.47 Å². The standard InChI is InChI=1S/C10H14O4/c1-3-14-10(12)7-4-5-8(11)9(6-7)13-2/h4-6,10-12H,3H2,1-2H3. The molecule has 0 aliphatic rings. The van der Waals surface area contributed by atoms with Crippen LogP contribution in [0.25, 0.3) is 0 Å². The zero-order chi connectivity index (χ0) is 10.6. The summed E-state index contributed by atoms with van der Waals surface area (Å²) in [6.45, 7) is 2.21. The zero-order valence-corrected chi connectivity index (χ0v) is 8.23. The first kappa shape index (κ1) is 10.8. The summed E-state index contributed by atoms with van der Waals surface area (Å²) in [4.78, 5) is 0. The molecule has 0 aliphatic heterocycles. The highest BCUT2D eigenvalue weighted by Crippen LogP contribution is 2.29. The lowest BCUT2D eigenvalue weighted by atomic mass is 10.2. The first-order chi connectivity index (χ1) is 6.69. The van der Waals surface area contributed by atoms with E-state index < -0.39 is 6.29 Å². The smallest absolute Gasteiger partial charge is 0.181 e. The third-order valence-corrected chi connectivity index (χ3v) is 1.81. The summed E-state index contributed by atoms with van der Waals surface area (Å²) < 4.78 is 9.88. The van der Waals surface area contributed by atoms with Crippen LogP contribution in [0.2, 0.25) is 0 Å². The molecule has 78 valence electrons. The molecule has 0 amide bonds. The molecule has 0 aliphatic carbocycles. The van der Waals surface area contributed by atoms with Gasteiger partial charge in [-0.2, -0.15) is 0 Å². The number of hydrogen-bond acceptors (Lipinski definition) is 4. The highest BCUT2D eigenvalue weighted by molar-refractivity contribution is 5.42. The number of aromatic hydroxyl groups is 1. The molecule has 0 saturated carbocycles. The van der Waals surface area contributed by atoms with E-state index in [1.54, 1.807) is 13.0 Å². The van der Waals surface area contributed by atoms with Gasteiger partial charge in [0.15, 0.2) is 17.8 Å². The highest BCUT2D eigenvalue weighted by Gasteiger charge is 2.09. The minimum atomic E-state index is -0.977. The van der Waals surface area contributed by atoms with Crippen molar-refractivity contribution in [3.05, 3.63) is 23.8 Å². The second-order valence-electron chi connectivity index (χ2n) is 2.74. The van der Waals surface area contributed by atoms with E-state index in [1.165, 1.54) is 19.2 Å². The van der Waals surface area contributed by atoms with Crippen molar-refractivity contribution < 1.29 is 19.7 Å². The number of rotatable bonds is 4. The second kappa shape index (κ2) is 4.83. The largest absolute Gasteiger partial charge is 0.504 e. The van der Waals surface area contributed by atoms with Gasteiger partial charge in [-0.3, -0.25) is 0 Å². The molecule has 1 atom stereocenters. The Balaban J connectivity index is 2.88. The average molecular weight is 198 g/mol. The lowest BCUT2D eigenvalue weighted by molar-refractivity contribution is -0.0980. The third kappa shape index (κ3) is 2.37. The van der Waals surface area contributed by atoms with Crippen molar-refractivity contribution in [2.24, 2.45) is 0 Å². The number of phenolic OH excluding ortho intramolecular Hbond substituents is 1. The quantitative estimate of drug-likeness (QED) is 0.718. The van der Waals surface area contributed by atoms with E-state index in [0.717, 1.165) is 0 Å². The van der Waals surface area contributed by atoms with Crippen LogP contribution in [0.3, 0.4) is 0 Å². The van der Waals surface area contributed by atoms with Crippen LogP contribution in [-0.4, -0.2) is 23.9 Å². The highest BCUT2D eigenvalue weighted by atomic mass is 16.6. The molecule has 1 unspecified atom stereocenters. The summed E-state index contributed by atoms with van der Waals surface area (Å²) in [6.07, 6.45) is -0.977. The first-order valence-corrected chi connectivity index (χ1v) is 4.35. The molecule has 14 heavy (non-hydrogen) atoms. The van der Waals surface area contributed by atoms with Crippen LogP contribution in [0.1, 0.15) is 18.8 Å². The van der Waals surface area contributed by atoms with E-state index in [1.807, 2.05) is 0 Å². The molecule has 2 N–H and O–H groups in total. The molecule has 0 aromatic heterocycles. The fraction of sp³-hybridized carbons (Fsp3) is 0.400. The number of benzene rings is 1. The molecule has 1 aromatic rings. The average Bonchev–Trinajstić information content (AvgIpc) is 2.19. The van der Waals surface area contributed by atoms with Crippen LogP contribution in [0.15, 0.2) is 18.2 Å². The molecular formula is C10H14O4. The van der Waals surface area contributed by atoms with Crippen molar-refractivity contribution in [3.8, 4) is 11.5 Å². The predicted molar refractivity (Wildman–Crippen MR) is 51.2 cm³/mol. The van der Waals surface area contributed by atoms with E-state index in [9.17, 15) is 10.2 Å². The maximum atomic E-state index is 9.47. The Morgan fingerprint density at radius 1 is 1.43 bits per heavy atom. The van der Waals surface area contributed by atoms with Crippen LogP contribution in [0, 0.1) is 0 Å². The van der Waals surface area contributed by atoms with Gasteiger partial charge in [0, 0.05) is 12.2 Å². The lowest BCUT2D eigenvalue weighted by Crippen LogP contribution is -2.02. The van der Waals surface area contributed by atoms with Crippen LogP contribution in [-0.2, 0) is 4.74 Å². The van der Waals surface area contributed by atoms with E-state index in [-0.39, 0.29) is 5.75 Å². The molecule has 0 saturated heterocycles. The molecule has 0 radical (unpaired) electrons. The van der Waals surface area contributed by atoms with Gasteiger partial charge in [0.25, 0.3) is 0 Å². The van der Waals surface area contributed by atoms with Gasteiger partial charge < -0.3 is 19.7 Å². The summed E-state index contributed by atoms with van der Waals surface area (Å²) in [6, 6.07) is 4.57. The van der Waals surface area contributed by atoms with Gasteiger partial charge in [-0.05, 0) is 19.1 Å². The van der Waals surface area contributed by atoms with E-state index in [0.29, 0.717) is 17.9 Å². The van der Waals surface area contributed by atoms with Gasteiger partial charge in [-0.25, -0.2) is 0 Å². The Hall–Kier alpha value is -1.26. The summed E-state index contributed by atoms with van der Waals surface area (Å²) in [5.74, 6) is 0.362. The van der Waals surface area contributed by atoms with Gasteiger partial charge in [-0.1, -0.05) is 6.07 Å². The maximum Gasteiger partial charge on any atom is 0.181 e. The van der Waals surface area contributed by atoms with Gasteiger partial charge in [-0.15, -0.1) is 0 Å². The van der Waals surface area contributed by atoms with Crippen molar-refractivity contribution in [2.45, 2.75) is 13.2 Å². The van der Waals surface area contributed by atoms with Crippen molar-refractivity contribution in [1.82, 2.24) is 0 Å². The van der Waals surface area contributed by atoms with E-state index in [2.05, 4.69) is 0 Å². The summed E-state index contributed by atoms with van der Waals surface area (Å²) in [7, 11) is 1.45. The van der Waals surface area contributed by atoms with Crippen LogP contribution < -0.4 is 4.74 Å². The summed E-state index contributed by atoms with van der Waals surface area (Å²) in [5.41, 5.74) is 0.557. The lowest BCUT2D eigenvalue weighted by Gasteiger charge is -2.12. The van der Waals surface area contributed by atoms with Crippen molar-refractivity contribution >= 4 is 0 Å². The fourth-order valence-electron chi connectivity index (χ4n) is 1.10. The molecule has 0 fully saturated rings. The van der Waals surface area contributed by atoms with Crippen molar-refractivity contribution in [3.63, 3.8) is 0 Å². The monoisotopic (exact) mass is 198 g/mol. The molecular weight excluding hydrogens is 184 g/mol. The molecule has 4 heteroatoms. The maximum absolute atomic E-state index is 9.47. The first-order valence-electron chi connectivity index (χ1n) is 4.35. The van der Waals surface area contributed by atoms with E-state index >= 15 is 0 Å². The molecule has 4 nitrogen and oxygen atoms in total. The minimum Gasteiger partial charge on any atom is -0.504 e. The number of aliphatic hydroxyl groups excluding tert-OH is 1. The Kier molecular flexibility index (Phi) is 3.73. The Morgan fingerprint density at radius 2 is 2.14 bits per heavy atom. The Bertz CT molecular complexity index is 298. The van der Waals surface area contributed by atoms with Crippen molar-refractivity contribution in [1.29, 1.82) is 0 Å². The zero-order valence-electron chi connectivity index (χ0n) is 8.23. The Morgan fingerprint density at radius 3 is 2.71 bits per heavy atom. The van der Waals surface area contributed by atoms with Gasteiger partial charge >= 0.3 is 0 Å². The van der Waals surface area contributed by atoms with Gasteiger partial charge in [0.2, 0.25) is 0 Å². The minimum absolute atomic E-state index is 0.0416. The normalized spacial score (nSPS) is 12.5. The number of phenols is 1. The molecule has 0 bridgehead atoms. The van der Waals surface area contributed by atoms with Crippen LogP contribution in [0.4, 0.5) is 0 Å². The number of methoxy groups -OCH3 is 1. The number of hydrogen-bond donors (Lipinski definition) is 2. The van der Waals surface area contributed by atoms with Crippen LogP contribution >= 0.6 is 0 Å². The molecule has 0 spiro atoms. The third-order valence-electron chi connectivity index (χ3n) is 1.81. The summed E-state index contributed by atoms with van der Waals surface area (Å²) in [5, 5.41) is 18.8. The molecule has 1 aromatic carbocycles. The Labute approximate surface area is 82.7 Å². The van der Waals surface area contributed by atoms with Gasteiger partial charge in [0.1, 0.15) is 0 Å². The SMILES string of the molecule is CCOC(O)c1ccc(O)c(OC)c1. The second-order valence-corrected chi connectivity index (χ2v) is 2.74. The van der Waals surface area contributed by atoms with Crippen molar-refractivity contribution in [2.75, 3.05) is 13.7 Å². The fourth-order valence-corrected chi connectivity index (χ4v) is 1.10. The molecule has 0 heterocycles. The number of aliphatic hydroxyl groups is 1. The molecule has 1 rings (SSSR count). The number of ether oxygens (including phenoxy) is 2.